The van der Waals surface area contributed by atoms with Crippen molar-refractivity contribution in [2.75, 3.05) is 42.9 Å². The lowest BCUT2D eigenvalue weighted by molar-refractivity contribution is -0.122. The van der Waals surface area contributed by atoms with Gasteiger partial charge in [-0.2, -0.15) is 4.37 Å². The zero-order valence-electron chi connectivity index (χ0n) is 19.9. The number of nitrogens with one attached hydrogen (secondary N) is 1. The summed E-state index contributed by atoms with van der Waals surface area (Å²) in [5, 5.41) is 4.24. The number of aromatic nitrogens is 1. The van der Waals surface area contributed by atoms with Crippen molar-refractivity contribution in [1.29, 1.82) is 0 Å². The van der Waals surface area contributed by atoms with E-state index in [1.165, 1.54) is 15.6 Å². The molecule has 3 aromatic carbocycles. The Morgan fingerprint density at radius 1 is 1.00 bits per heavy atom. The van der Waals surface area contributed by atoms with Crippen LogP contribution in [0, 0.1) is 0 Å². The van der Waals surface area contributed by atoms with Gasteiger partial charge in [0.15, 0.2) is 6.10 Å². The fraction of sp³-hybridized carbons (Fsp3) is 0.286. The van der Waals surface area contributed by atoms with Crippen LogP contribution in [0.1, 0.15) is 12.5 Å². The second kappa shape index (κ2) is 10.9. The predicted octanol–water partition coefficient (Wildman–Crippen LogP) is 5.07. The van der Waals surface area contributed by atoms with Crippen LogP contribution in [0.4, 0.5) is 11.5 Å². The van der Waals surface area contributed by atoms with Crippen LogP contribution < -0.4 is 15.0 Å². The van der Waals surface area contributed by atoms with Crippen molar-refractivity contribution in [2.45, 2.75) is 19.4 Å². The summed E-state index contributed by atoms with van der Waals surface area (Å²) in [6.45, 7) is 6.79. The molecule has 35 heavy (non-hydrogen) atoms. The van der Waals surface area contributed by atoms with Crippen molar-refractivity contribution in [3.63, 3.8) is 0 Å². The molecule has 1 aliphatic heterocycles. The molecule has 1 aliphatic rings. The van der Waals surface area contributed by atoms with E-state index >= 15 is 0 Å². The highest BCUT2D eigenvalue weighted by molar-refractivity contribution is 7.13. The van der Waals surface area contributed by atoms with Crippen LogP contribution in [0.3, 0.4) is 0 Å². The van der Waals surface area contributed by atoms with Crippen molar-refractivity contribution >= 4 is 39.0 Å². The van der Waals surface area contributed by atoms with Gasteiger partial charge in [-0.1, -0.05) is 42.5 Å². The summed E-state index contributed by atoms with van der Waals surface area (Å²) >= 11 is 1.58. The van der Waals surface area contributed by atoms with Gasteiger partial charge in [0.05, 0.1) is 4.70 Å². The Balaban J connectivity index is 1.10. The standard InChI is InChI=1S/C28H30N4O2S/c1-21(34-24-10-3-2-4-11-24)28(33)29-23-9-7-8-22(20-23)14-15-31-16-18-32(19-17-31)27-25-12-5-6-13-26(25)35-30-27/h2-13,20-21H,14-19H2,1H3,(H,29,33). The number of hydrogen-bond donors (Lipinski definition) is 1. The first-order valence-corrected chi connectivity index (χ1v) is 12.9. The molecular weight excluding hydrogens is 456 g/mol. The molecule has 1 amide bonds. The number of para-hydroxylation sites is 1. The average Bonchev–Trinajstić information content (AvgIpc) is 3.33. The third-order valence-corrected chi connectivity index (χ3v) is 7.18. The van der Waals surface area contributed by atoms with Gasteiger partial charge < -0.3 is 15.0 Å². The van der Waals surface area contributed by atoms with Gasteiger partial charge >= 0.3 is 0 Å². The van der Waals surface area contributed by atoms with E-state index in [0.717, 1.165) is 50.6 Å². The number of ether oxygens (including phenoxy) is 1. The summed E-state index contributed by atoms with van der Waals surface area (Å²) in [6, 6.07) is 26.0. The molecule has 1 aromatic heterocycles. The Labute approximate surface area is 210 Å². The summed E-state index contributed by atoms with van der Waals surface area (Å²) in [5.74, 6) is 1.66. The molecule has 1 unspecified atom stereocenters. The van der Waals surface area contributed by atoms with Gasteiger partial charge in [0.1, 0.15) is 11.6 Å². The SMILES string of the molecule is CC(Oc1ccccc1)C(=O)Nc1cccc(CCN2CCN(c3nsc4ccccc34)CC2)c1. The third-order valence-electron chi connectivity index (χ3n) is 6.37. The van der Waals surface area contributed by atoms with Gasteiger partial charge in [0.2, 0.25) is 0 Å². The van der Waals surface area contributed by atoms with E-state index in [1.807, 2.05) is 42.5 Å². The van der Waals surface area contributed by atoms with Crippen molar-refractivity contribution in [3.05, 3.63) is 84.4 Å². The van der Waals surface area contributed by atoms with Crippen LogP contribution in [-0.2, 0) is 11.2 Å². The third kappa shape index (κ3) is 5.81. The minimum atomic E-state index is -0.577. The molecule has 0 saturated carbocycles. The summed E-state index contributed by atoms with van der Waals surface area (Å²) < 4.78 is 11.7. The Bertz CT molecular complexity index is 1270. The Morgan fingerprint density at radius 3 is 2.60 bits per heavy atom. The number of carbonyl (C=O) groups excluding carboxylic acids is 1. The van der Waals surface area contributed by atoms with Gasteiger partial charge in [-0.15, -0.1) is 0 Å². The minimum absolute atomic E-state index is 0.156. The molecule has 5 rings (SSSR count). The monoisotopic (exact) mass is 486 g/mol. The van der Waals surface area contributed by atoms with E-state index < -0.39 is 6.10 Å². The molecule has 0 bridgehead atoms. The molecule has 2 heterocycles. The first kappa shape index (κ1) is 23.3. The maximum atomic E-state index is 12.6. The van der Waals surface area contributed by atoms with E-state index in [1.54, 1.807) is 18.5 Å². The van der Waals surface area contributed by atoms with E-state index in [2.05, 4.69) is 51.5 Å². The molecule has 4 aromatic rings. The maximum Gasteiger partial charge on any atom is 0.265 e. The second-order valence-corrected chi connectivity index (χ2v) is 9.65. The van der Waals surface area contributed by atoms with Gasteiger partial charge in [-0.25, -0.2) is 0 Å². The predicted molar refractivity (Wildman–Crippen MR) is 144 cm³/mol. The molecule has 1 saturated heterocycles. The maximum absolute atomic E-state index is 12.6. The quantitative estimate of drug-likeness (QED) is 0.377. The van der Waals surface area contributed by atoms with Crippen molar-refractivity contribution < 1.29 is 9.53 Å². The lowest BCUT2D eigenvalue weighted by Crippen LogP contribution is -2.47. The number of rotatable bonds is 8. The number of anilines is 2. The van der Waals surface area contributed by atoms with E-state index in [4.69, 9.17) is 9.11 Å². The van der Waals surface area contributed by atoms with Gasteiger partial charge in [0, 0.05) is 43.8 Å². The molecule has 0 radical (unpaired) electrons. The lowest BCUT2D eigenvalue weighted by Gasteiger charge is -2.35. The summed E-state index contributed by atoms with van der Waals surface area (Å²) in [4.78, 5) is 17.5. The number of nitrogens with zero attached hydrogens (tertiary/aromatic N) is 3. The van der Waals surface area contributed by atoms with Crippen LogP contribution in [0.15, 0.2) is 78.9 Å². The van der Waals surface area contributed by atoms with Crippen LogP contribution >= 0.6 is 11.5 Å². The van der Waals surface area contributed by atoms with Gasteiger partial charge in [-0.3, -0.25) is 9.69 Å². The molecule has 1 atom stereocenters. The van der Waals surface area contributed by atoms with E-state index in [0.29, 0.717) is 5.75 Å². The second-order valence-electron chi connectivity index (χ2n) is 8.84. The fourth-order valence-corrected chi connectivity index (χ4v) is 5.17. The highest BCUT2D eigenvalue weighted by Crippen LogP contribution is 2.29. The first-order valence-electron chi connectivity index (χ1n) is 12.1. The fourth-order valence-electron chi connectivity index (χ4n) is 4.38. The molecule has 0 spiro atoms. The topological polar surface area (TPSA) is 57.7 Å². The molecule has 6 nitrogen and oxygen atoms in total. The van der Waals surface area contributed by atoms with E-state index in [9.17, 15) is 4.79 Å². The number of carbonyl (C=O) groups is 1. The highest BCUT2D eigenvalue weighted by atomic mass is 32.1. The highest BCUT2D eigenvalue weighted by Gasteiger charge is 2.20. The Morgan fingerprint density at radius 2 is 1.77 bits per heavy atom. The smallest absolute Gasteiger partial charge is 0.265 e. The number of amides is 1. The number of piperazine rings is 1. The largest absolute Gasteiger partial charge is 0.481 e. The Kier molecular flexibility index (Phi) is 7.25. The number of hydrogen-bond acceptors (Lipinski definition) is 6. The molecule has 7 heteroatoms. The first-order chi connectivity index (χ1) is 17.2. The van der Waals surface area contributed by atoms with Crippen LogP contribution in [0.5, 0.6) is 5.75 Å². The summed E-state index contributed by atoms with van der Waals surface area (Å²) in [5.41, 5.74) is 2.02. The molecule has 180 valence electrons. The van der Waals surface area contributed by atoms with Crippen molar-refractivity contribution in [1.82, 2.24) is 9.27 Å². The van der Waals surface area contributed by atoms with Crippen LogP contribution in [0.2, 0.25) is 0 Å². The molecule has 1 N–H and O–H groups in total. The molecule has 1 fully saturated rings. The summed E-state index contributed by atoms with van der Waals surface area (Å²) in [7, 11) is 0. The van der Waals surface area contributed by atoms with Gasteiger partial charge in [0.25, 0.3) is 5.91 Å². The zero-order chi connectivity index (χ0) is 24.0. The van der Waals surface area contributed by atoms with Crippen LogP contribution in [0.25, 0.3) is 10.1 Å². The number of fused-ring (bicyclic) bond motifs is 1. The Hall–Kier alpha value is -3.42. The number of benzene rings is 3. The molecular formula is C28H30N4O2S. The van der Waals surface area contributed by atoms with Crippen LogP contribution in [-0.4, -0.2) is 54.0 Å². The van der Waals surface area contributed by atoms with Crippen molar-refractivity contribution in [2.24, 2.45) is 0 Å². The summed E-state index contributed by atoms with van der Waals surface area (Å²) in [6.07, 6.45) is 0.367. The molecule has 0 aliphatic carbocycles. The van der Waals surface area contributed by atoms with Crippen molar-refractivity contribution in [3.8, 4) is 5.75 Å². The average molecular weight is 487 g/mol. The zero-order valence-corrected chi connectivity index (χ0v) is 20.7. The lowest BCUT2D eigenvalue weighted by atomic mass is 10.1. The minimum Gasteiger partial charge on any atom is -0.481 e. The van der Waals surface area contributed by atoms with Gasteiger partial charge in [-0.05, 0) is 66.8 Å². The van der Waals surface area contributed by atoms with E-state index in [-0.39, 0.29) is 5.91 Å². The normalized spacial score (nSPS) is 15.2.